The van der Waals surface area contributed by atoms with Gasteiger partial charge in [-0.1, -0.05) is 0 Å². The van der Waals surface area contributed by atoms with Gasteiger partial charge in [0.1, 0.15) is 0 Å². The number of rotatable bonds is 2. The molecule has 0 unspecified atom stereocenters. The summed E-state index contributed by atoms with van der Waals surface area (Å²) in [6.07, 6.45) is 0.330. The van der Waals surface area contributed by atoms with Crippen molar-refractivity contribution in [3.8, 4) is 0 Å². The molecule has 1 N–H and O–H groups in total. The molecule has 2 heterocycles. The number of esters is 1. The number of ether oxygens (including phenoxy) is 3. The molecule has 2 aliphatic heterocycles. The average molecular weight is 201 g/mol. The first-order chi connectivity index (χ1) is 6.79. The molecule has 0 aromatic carbocycles. The summed E-state index contributed by atoms with van der Waals surface area (Å²) in [7, 11) is 1.39. The lowest BCUT2D eigenvalue weighted by Crippen LogP contribution is -2.52. The second kappa shape index (κ2) is 4.25. The minimum Gasteiger partial charge on any atom is -0.469 e. The van der Waals surface area contributed by atoms with Crippen molar-refractivity contribution < 1.29 is 19.0 Å². The molecule has 5 nitrogen and oxygen atoms in total. The molecule has 14 heavy (non-hydrogen) atoms. The van der Waals surface area contributed by atoms with E-state index in [2.05, 4.69) is 10.1 Å². The Morgan fingerprint density at radius 2 is 2.43 bits per heavy atom. The lowest BCUT2D eigenvalue weighted by atomic mass is 10.1. The summed E-state index contributed by atoms with van der Waals surface area (Å²) in [5.41, 5.74) is 0. The second-order valence-electron chi connectivity index (χ2n) is 3.63. The molecule has 0 aliphatic carbocycles. The highest BCUT2D eigenvalue weighted by molar-refractivity contribution is 5.69. The van der Waals surface area contributed by atoms with Gasteiger partial charge in [-0.15, -0.1) is 0 Å². The van der Waals surface area contributed by atoms with Crippen LogP contribution in [-0.2, 0) is 19.0 Å². The first-order valence-electron chi connectivity index (χ1n) is 4.83. The van der Waals surface area contributed by atoms with Gasteiger partial charge in [0.15, 0.2) is 0 Å². The molecule has 0 radical (unpaired) electrons. The molecule has 0 saturated carbocycles. The van der Waals surface area contributed by atoms with E-state index in [4.69, 9.17) is 9.47 Å². The SMILES string of the molecule is COC(=O)C[C@@H]1CN[C@@H]2COC[C@H]2O1. The molecule has 3 atom stereocenters. The van der Waals surface area contributed by atoms with Crippen LogP contribution in [0.4, 0.5) is 0 Å². The average Bonchev–Trinajstić information content (AvgIpc) is 2.64. The van der Waals surface area contributed by atoms with Crippen LogP contribution in [0.2, 0.25) is 0 Å². The Morgan fingerprint density at radius 1 is 1.57 bits per heavy atom. The smallest absolute Gasteiger partial charge is 0.308 e. The zero-order chi connectivity index (χ0) is 9.97. The molecule has 2 rings (SSSR count). The Hall–Kier alpha value is -0.650. The van der Waals surface area contributed by atoms with E-state index in [1.54, 1.807) is 0 Å². The van der Waals surface area contributed by atoms with Crippen molar-refractivity contribution in [1.82, 2.24) is 5.32 Å². The molecule has 0 spiro atoms. The number of hydrogen-bond donors (Lipinski definition) is 1. The van der Waals surface area contributed by atoms with Crippen LogP contribution >= 0.6 is 0 Å². The predicted molar refractivity (Wildman–Crippen MR) is 47.9 cm³/mol. The van der Waals surface area contributed by atoms with Gasteiger partial charge in [0, 0.05) is 6.54 Å². The fraction of sp³-hybridized carbons (Fsp3) is 0.889. The molecular weight excluding hydrogens is 186 g/mol. The second-order valence-corrected chi connectivity index (χ2v) is 3.63. The fourth-order valence-electron chi connectivity index (χ4n) is 1.83. The molecule has 2 aliphatic rings. The first kappa shape index (κ1) is 9.89. The molecule has 80 valence electrons. The van der Waals surface area contributed by atoms with Gasteiger partial charge in [-0.05, 0) is 0 Å². The lowest BCUT2D eigenvalue weighted by Gasteiger charge is -2.31. The van der Waals surface area contributed by atoms with Crippen molar-refractivity contribution in [2.45, 2.75) is 24.7 Å². The van der Waals surface area contributed by atoms with Gasteiger partial charge < -0.3 is 19.5 Å². The third kappa shape index (κ3) is 2.05. The molecule has 2 fully saturated rings. The summed E-state index contributed by atoms with van der Waals surface area (Å²) in [6.45, 7) is 2.02. The van der Waals surface area contributed by atoms with Gasteiger partial charge in [-0.3, -0.25) is 4.79 Å². The minimum absolute atomic E-state index is 0.0783. The van der Waals surface area contributed by atoms with Crippen LogP contribution < -0.4 is 5.32 Å². The van der Waals surface area contributed by atoms with Gasteiger partial charge in [-0.25, -0.2) is 0 Å². The van der Waals surface area contributed by atoms with Gasteiger partial charge in [0.2, 0.25) is 0 Å². The maximum atomic E-state index is 11.0. The van der Waals surface area contributed by atoms with Crippen molar-refractivity contribution in [2.75, 3.05) is 26.9 Å². The topological polar surface area (TPSA) is 56.8 Å². The van der Waals surface area contributed by atoms with Crippen LogP contribution in [0.3, 0.4) is 0 Å². The third-order valence-electron chi connectivity index (χ3n) is 2.63. The van der Waals surface area contributed by atoms with Crippen molar-refractivity contribution in [3.63, 3.8) is 0 Å². The Morgan fingerprint density at radius 3 is 3.21 bits per heavy atom. The standard InChI is InChI=1S/C9H15NO4/c1-12-9(11)2-6-3-10-7-4-13-5-8(7)14-6/h6-8,10H,2-5H2,1H3/t6-,7-,8-/m1/s1. The maximum Gasteiger partial charge on any atom is 0.308 e. The van der Waals surface area contributed by atoms with Crippen LogP contribution in [-0.4, -0.2) is 51.1 Å². The minimum atomic E-state index is -0.228. The van der Waals surface area contributed by atoms with Gasteiger partial charge in [-0.2, -0.15) is 0 Å². The van der Waals surface area contributed by atoms with E-state index in [0.717, 1.165) is 0 Å². The number of nitrogens with one attached hydrogen (secondary N) is 1. The molecule has 0 aromatic rings. The number of carbonyl (C=O) groups excluding carboxylic acids is 1. The van der Waals surface area contributed by atoms with Crippen LogP contribution in [0.5, 0.6) is 0 Å². The summed E-state index contributed by atoms with van der Waals surface area (Å²) in [4.78, 5) is 11.0. The molecule has 0 bridgehead atoms. The van der Waals surface area contributed by atoms with Crippen molar-refractivity contribution in [3.05, 3.63) is 0 Å². The van der Waals surface area contributed by atoms with Crippen LogP contribution in [0.1, 0.15) is 6.42 Å². The highest BCUT2D eigenvalue weighted by atomic mass is 16.6. The number of carbonyl (C=O) groups is 1. The zero-order valence-electron chi connectivity index (χ0n) is 8.19. The predicted octanol–water partition coefficient (Wildman–Crippen LogP) is -0.695. The maximum absolute atomic E-state index is 11.0. The monoisotopic (exact) mass is 201 g/mol. The number of fused-ring (bicyclic) bond motifs is 1. The van der Waals surface area contributed by atoms with E-state index in [1.807, 2.05) is 0 Å². The quantitative estimate of drug-likeness (QED) is 0.599. The molecule has 2 saturated heterocycles. The largest absolute Gasteiger partial charge is 0.469 e. The van der Waals surface area contributed by atoms with Gasteiger partial charge >= 0.3 is 5.97 Å². The van der Waals surface area contributed by atoms with E-state index >= 15 is 0 Å². The summed E-state index contributed by atoms with van der Waals surface area (Å²) in [5, 5.41) is 3.30. The number of hydrogen-bond acceptors (Lipinski definition) is 5. The molecular formula is C9H15NO4. The van der Waals surface area contributed by atoms with E-state index < -0.39 is 0 Å². The van der Waals surface area contributed by atoms with E-state index in [-0.39, 0.29) is 18.2 Å². The van der Waals surface area contributed by atoms with Gasteiger partial charge in [0.05, 0.1) is 45.0 Å². The number of morpholine rings is 1. The third-order valence-corrected chi connectivity index (χ3v) is 2.63. The summed E-state index contributed by atoms with van der Waals surface area (Å²) < 4.78 is 15.5. The molecule has 0 amide bonds. The van der Waals surface area contributed by atoms with Crippen LogP contribution in [0, 0.1) is 0 Å². The van der Waals surface area contributed by atoms with Gasteiger partial charge in [0.25, 0.3) is 0 Å². The Balaban J connectivity index is 1.82. The zero-order valence-corrected chi connectivity index (χ0v) is 8.19. The van der Waals surface area contributed by atoms with Crippen LogP contribution in [0.15, 0.2) is 0 Å². The molecule has 5 heteroatoms. The Labute approximate surface area is 82.7 Å². The number of methoxy groups -OCH3 is 1. The fourth-order valence-corrected chi connectivity index (χ4v) is 1.83. The van der Waals surface area contributed by atoms with E-state index in [1.165, 1.54) is 7.11 Å². The normalized spacial score (nSPS) is 36.5. The molecule has 0 aromatic heterocycles. The van der Waals surface area contributed by atoms with Crippen molar-refractivity contribution in [2.24, 2.45) is 0 Å². The lowest BCUT2D eigenvalue weighted by molar-refractivity contribution is -0.146. The highest BCUT2D eigenvalue weighted by Gasteiger charge is 2.35. The van der Waals surface area contributed by atoms with E-state index in [0.29, 0.717) is 32.2 Å². The highest BCUT2D eigenvalue weighted by Crippen LogP contribution is 2.18. The van der Waals surface area contributed by atoms with Crippen molar-refractivity contribution in [1.29, 1.82) is 0 Å². The summed E-state index contributed by atoms with van der Waals surface area (Å²) >= 11 is 0. The first-order valence-corrected chi connectivity index (χ1v) is 4.83. The Bertz CT molecular complexity index is 221. The van der Waals surface area contributed by atoms with Crippen LogP contribution in [0.25, 0.3) is 0 Å². The summed E-state index contributed by atoms with van der Waals surface area (Å²) in [6, 6.07) is 0.295. The van der Waals surface area contributed by atoms with E-state index in [9.17, 15) is 4.79 Å². The van der Waals surface area contributed by atoms with Crippen molar-refractivity contribution >= 4 is 5.97 Å². The Kier molecular flexibility index (Phi) is 3.00. The summed E-state index contributed by atoms with van der Waals surface area (Å²) in [5.74, 6) is -0.228.